The molecular weight excluding hydrogens is 548 g/mol. The molecule has 4 heteroatoms. The van der Waals surface area contributed by atoms with Gasteiger partial charge in [-0.3, -0.25) is 9.38 Å². The summed E-state index contributed by atoms with van der Waals surface area (Å²) >= 11 is 0. The van der Waals surface area contributed by atoms with E-state index in [1.54, 1.807) is 0 Å². The summed E-state index contributed by atoms with van der Waals surface area (Å²) in [5, 5.41) is 6.01. The highest BCUT2D eigenvalue weighted by atomic mass is 15.0. The fraction of sp³-hybridized carbons (Fsp3) is 0. The minimum Gasteiger partial charge on any atom is -0.298 e. The van der Waals surface area contributed by atoms with Crippen molar-refractivity contribution in [3.05, 3.63) is 158 Å². The average molecular weight is 575 g/mol. The minimum atomic E-state index is 0.896. The van der Waals surface area contributed by atoms with Gasteiger partial charge in [-0.15, -0.1) is 0 Å². The quantitative estimate of drug-likeness (QED) is 0.196. The Kier molecular flexibility index (Phi) is 5.78. The third kappa shape index (κ3) is 4.11. The van der Waals surface area contributed by atoms with E-state index in [2.05, 4.69) is 113 Å². The zero-order chi connectivity index (χ0) is 29.7. The fourth-order valence-electron chi connectivity index (χ4n) is 6.63. The molecule has 0 saturated heterocycles. The summed E-state index contributed by atoms with van der Waals surface area (Å²) in [5.41, 5.74) is 10.3. The highest BCUT2D eigenvalue weighted by molar-refractivity contribution is 6.24. The number of para-hydroxylation sites is 1. The van der Waals surface area contributed by atoms with Gasteiger partial charge in [0.05, 0.1) is 28.3 Å². The summed E-state index contributed by atoms with van der Waals surface area (Å²) < 4.78 is 2.12. The van der Waals surface area contributed by atoms with E-state index in [-0.39, 0.29) is 0 Å². The number of nitrogens with zero attached hydrogens (tertiary/aromatic N) is 4. The number of fused-ring (bicyclic) bond motifs is 6. The van der Waals surface area contributed by atoms with Crippen LogP contribution >= 0.6 is 0 Å². The van der Waals surface area contributed by atoms with Crippen molar-refractivity contribution >= 4 is 38.1 Å². The molecule has 4 aromatic heterocycles. The lowest BCUT2D eigenvalue weighted by molar-refractivity contribution is 1.17. The number of benzene rings is 5. The number of hydrogen-bond donors (Lipinski definition) is 0. The van der Waals surface area contributed by atoms with Gasteiger partial charge in [0.1, 0.15) is 5.65 Å². The molecule has 45 heavy (non-hydrogen) atoms. The predicted octanol–water partition coefficient (Wildman–Crippen LogP) is 10.3. The van der Waals surface area contributed by atoms with Gasteiger partial charge in [0.15, 0.2) is 0 Å². The van der Waals surface area contributed by atoms with Gasteiger partial charge in [0, 0.05) is 39.7 Å². The van der Waals surface area contributed by atoms with Gasteiger partial charge in [-0.1, -0.05) is 115 Å². The van der Waals surface area contributed by atoms with Crippen molar-refractivity contribution in [2.45, 2.75) is 0 Å². The van der Waals surface area contributed by atoms with Crippen LogP contribution in [0.15, 0.2) is 158 Å². The zero-order valence-electron chi connectivity index (χ0n) is 24.3. The summed E-state index contributed by atoms with van der Waals surface area (Å²) in [5.74, 6) is 0. The van der Waals surface area contributed by atoms with Crippen LogP contribution in [-0.2, 0) is 0 Å². The molecule has 4 heterocycles. The van der Waals surface area contributed by atoms with Crippen molar-refractivity contribution in [2.75, 3.05) is 0 Å². The Bertz CT molecular complexity index is 2520. The van der Waals surface area contributed by atoms with Crippen molar-refractivity contribution < 1.29 is 0 Å². The molecule has 0 aliphatic rings. The molecule has 0 aliphatic carbocycles. The van der Waals surface area contributed by atoms with E-state index >= 15 is 0 Å². The van der Waals surface area contributed by atoms with E-state index < -0.39 is 0 Å². The Morgan fingerprint density at radius 3 is 2.04 bits per heavy atom. The second kappa shape index (κ2) is 10.2. The maximum Gasteiger partial charge on any atom is 0.137 e. The Hall–Kier alpha value is -6.13. The first-order valence-corrected chi connectivity index (χ1v) is 15.1. The molecular formula is C41H26N4. The van der Waals surface area contributed by atoms with E-state index in [0.717, 1.165) is 56.0 Å². The van der Waals surface area contributed by atoms with Crippen LogP contribution in [0.5, 0.6) is 0 Å². The van der Waals surface area contributed by atoms with Gasteiger partial charge in [-0.25, -0.2) is 9.97 Å². The van der Waals surface area contributed by atoms with Crippen LogP contribution in [0, 0.1) is 0 Å². The van der Waals surface area contributed by atoms with E-state index in [0.29, 0.717) is 0 Å². The molecule has 9 aromatic rings. The molecule has 4 nitrogen and oxygen atoms in total. The van der Waals surface area contributed by atoms with Gasteiger partial charge in [0.2, 0.25) is 0 Å². The lowest BCUT2D eigenvalue weighted by Crippen LogP contribution is -1.92. The second-order valence-electron chi connectivity index (χ2n) is 11.3. The molecule has 0 radical (unpaired) electrons. The summed E-state index contributed by atoms with van der Waals surface area (Å²) in [6.07, 6.45) is 3.88. The Labute approximate surface area is 259 Å². The largest absolute Gasteiger partial charge is 0.298 e. The summed E-state index contributed by atoms with van der Waals surface area (Å²) in [6, 6.07) is 50.9. The first-order chi connectivity index (χ1) is 22.3. The zero-order valence-corrected chi connectivity index (χ0v) is 24.3. The van der Waals surface area contributed by atoms with Gasteiger partial charge < -0.3 is 0 Å². The number of imidazole rings is 1. The van der Waals surface area contributed by atoms with Crippen LogP contribution in [0.3, 0.4) is 0 Å². The molecule has 0 aliphatic heterocycles. The molecule has 9 rings (SSSR count). The first-order valence-electron chi connectivity index (χ1n) is 15.1. The molecule has 0 unspecified atom stereocenters. The predicted molar refractivity (Wildman–Crippen MR) is 185 cm³/mol. The number of hydrogen-bond acceptors (Lipinski definition) is 3. The average Bonchev–Trinajstić information content (AvgIpc) is 3.51. The number of pyridine rings is 3. The van der Waals surface area contributed by atoms with Crippen molar-refractivity contribution in [3.8, 4) is 45.0 Å². The van der Waals surface area contributed by atoms with Gasteiger partial charge >= 0.3 is 0 Å². The third-order valence-corrected chi connectivity index (χ3v) is 8.68. The van der Waals surface area contributed by atoms with Crippen molar-refractivity contribution in [2.24, 2.45) is 0 Å². The van der Waals surface area contributed by atoms with E-state index in [1.165, 1.54) is 27.1 Å². The highest BCUT2D eigenvalue weighted by Crippen LogP contribution is 2.40. The monoisotopic (exact) mass is 574 g/mol. The molecule has 210 valence electrons. The van der Waals surface area contributed by atoms with Crippen LogP contribution in [0.2, 0.25) is 0 Å². The fourth-order valence-corrected chi connectivity index (χ4v) is 6.63. The lowest BCUT2D eigenvalue weighted by atomic mass is 9.91. The second-order valence-corrected chi connectivity index (χ2v) is 11.3. The number of rotatable bonds is 4. The molecule has 0 saturated carbocycles. The normalized spacial score (nSPS) is 11.6. The standard InChI is InChI=1S/C41H26N4/c1-2-11-28(12-3-1)39-34-24-23-31-30(14-10-15-32(31)38(34)33-13-4-5-16-35(33)43-39)27-19-21-29(22-20-27)40-41(36-17-6-8-25-42-36)45-26-9-7-18-37(45)44-40/h1-26H. The SMILES string of the molecule is c1ccc(-c2nc3ccccc3c3c2ccc2c(-c4ccc(-c5nc6ccccn6c5-c5ccccn5)cc4)cccc23)cc1. The van der Waals surface area contributed by atoms with Crippen LogP contribution in [-0.4, -0.2) is 19.4 Å². The van der Waals surface area contributed by atoms with E-state index in [4.69, 9.17) is 9.97 Å². The maximum absolute atomic E-state index is 5.13. The van der Waals surface area contributed by atoms with Gasteiger partial charge in [0.25, 0.3) is 0 Å². The van der Waals surface area contributed by atoms with Crippen LogP contribution in [0.4, 0.5) is 0 Å². The van der Waals surface area contributed by atoms with Crippen molar-refractivity contribution in [1.82, 2.24) is 19.4 Å². The van der Waals surface area contributed by atoms with Gasteiger partial charge in [-0.05, 0) is 52.2 Å². The van der Waals surface area contributed by atoms with Crippen LogP contribution in [0.1, 0.15) is 0 Å². The van der Waals surface area contributed by atoms with Gasteiger partial charge in [-0.2, -0.15) is 0 Å². The molecule has 0 atom stereocenters. The molecule has 0 bridgehead atoms. The minimum absolute atomic E-state index is 0.896. The Balaban J connectivity index is 1.22. The summed E-state index contributed by atoms with van der Waals surface area (Å²) in [6.45, 7) is 0. The van der Waals surface area contributed by atoms with E-state index in [1.807, 2.05) is 54.9 Å². The maximum atomic E-state index is 5.13. The van der Waals surface area contributed by atoms with Crippen molar-refractivity contribution in [3.63, 3.8) is 0 Å². The molecule has 5 aromatic carbocycles. The topological polar surface area (TPSA) is 43.1 Å². The van der Waals surface area contributed by atoms with Crippen LogP contribution in [0.25, 0.3) is 83.1 Å². The molecule has 0 spiro atoms. The summed E-state index contributed by atoms with van der Waals surface area (Å²) in [7, 11) is 0. The highest BCUT2D eigenvalue weighted by Gasteiger charge is 2.18. The number of aromatic nitrogens is 4. The molecule has 0 fully saturated rings. The molecule has 0 N–H and O–H groups in total. The Morgan fingerprint density at radius 2 is 1.18 bits per heavy atom. The first kappa shape index (κ1) is 25.4. The van der Waals surface area contributed by atoms with Crippen LogP contribution < -0.4 is 0 Å². The lowest BCUT2D eigenvalue weighted by Gasteiger charge is -2.15. The Morgan fingerprint density at radius 1 is 0.444 bits per heavy atom. The molecule has 0 amide bonds. The van der Waals surface area contributed by atoms with E-state index in [9.17, 15) is 0 Å². The smallest absolute Gasteiger partial charge is 0.137 e. The van der Waals surface area contributed by atoms with Crippen molar-refractivity contribution in [1.29, 1.82) is 0 Å². The third-order valence-electron chi connectivity index (χ3n) is 8.68. The summed E-state index contributed by atoms with van der Waals surface area (Å²) in [4.78, 5) is 14.8.